The third-order valence-corrected chi connectivity index (χ3v) is 5.96. The Kier molecular flexibility index (Phi) is 4.89. The Labute approximate surface area is 171 Å². The third-order valence-electron chi connectivity index (χ3n) is 5.96. The minimum absolute atomic E-state index is 0.123. The molecule has 30 heavy (non-hydrogen) atoms. The average molecular weight is 416 g/mol. The molecule has 0 spiro atoms. The number of hydrogen-bond donors (Lipinski definition) is 2. The molecule has 158 valence electrons. The fourth-order valence-electron chi connectivity index (χ4n) is 4.72. The van der Waals surface area contributed by atoms with E-state index in [9.17, 15) is 13.9 Å². The van der Waals surface area contributed by atoms with Gasteiger partial charge < -0.3 is 15.3 Å². The van der Waals surface area contributed by atoms with Gasteiger partial charge in [0.25, 0.3) is 6.43 Å². The molecule has 1 saturated heterocycles. The van der Waals surface area contributed by atoms with Gasteiger partial charge >= 0.3 is 0 Å². The number of aliphatic hydroxyl groups excluding tert-OH is 1. The highest BCUT2D eigenvalue weighted by molar-refractivity contribution is 5.71. The number of nitrogens with one attached hydrogen (secondary N) is 1. The fraction of sp³-hybridized carbons (Fsp3) is 0.526. The molecule has 9 nitrogen and oxygen atoms in total. The summed E-state index contributed by atoms with van der Waals surface area (Å²) in [6.45, 7) is 1.13. The van der Waals surface area contributed by atoms with Crippen molar-refractivity contribution in [2.75, 3.05) is 23.3 Å². The summed E-state index contributed by atoms with van der Waals surface area (Å²) >= 11 is 0. The van der Waals surface area contributed by atoms with Crippen LogP contribution in [0.4, 0.5) is 20.4 Å². The number of aromatic nitrogens is 6. The fourth-order valence-corrected chi connectivity index (χ4v) is 4.72. The SMILES string of the molecule is OCc1nccnc1N1C[C@H]2CC(Nc3cnc4cnn(CC(F)F)c4n3)C[C@H]2C1. The summed E-state index contributed by atoms with van der Waals surface area (Å²) in [5, 5.41) is 16.9. The van der Waals surface area contributed by atoms with E-state index in [1.807, 2.05) is 0 Å². The zero-order valence-corrected chi connectivity index (χ0v) is 16.2. The van der Waals surface area contributed by atoms with Crippen LogP contribution in [0.15, 0.2) is 24.8 Å². The van der Waals surface area contributed by atoms with Crippen molar-refractivity contribution < 1.29 is 13.9 Å². The monoisotopic (exact) mass is 416 g/mol. The maximum Gasteiger partial charge on any atom is 0.258 e. The number of fused-ring (bicyclic) bond motifs is 2. The molecule has 2 N–H and O–H groups in total. The van der Waals surface area contributed by atoms with Gasteiger partial charge in [-0.1, -0.05) is 0 Å². The Morgan fingerprint density at radius 2 is 1.87 bits per heavy atom. The summed E-state index contributed by atoms with van der Waals surface area (Å²) < 4.78 is 26.7. The molecule has 3 aromatic heterocycles. The van der Waals surface area contributed by atoms with Gasteiger partial charge in [0.05, 0.1) is 19.0 Å². The van der Waals surface area contributed by atoms with Crippen LogP contribution in [0, 0.1) is 11.8 Å². The van der Waals surface area contributed by atoms with E-state index in [4.69, 9.17) is 0 Å². The first-order chi connectivity index (χ1) is 14.6. The number of nitrogens with zero attached hydrogens (tertiary/aromatic N) is 7. The van der Waals surface area contributed by atoms with Crippen molar-refractivity contribution in [3.63, 3.8) is 0 Å². The zero-order chi connectivity index (χ0) is 20.7. The van der Waals surface area contributed by atoms with E-state index in [1.165, 1.54) is 10.9 Å². The van der Waals surface area contributed by atoms with Crippen LogP contribution in [0.5, 0.6) is 0 Å². The summed E-state index contributed by atoms with van der Waals surface area (Å²) in [6.07, 6.45) is 5.79. The summed E-state index contributed by atoms with van der Waals surface area (Å²) in [6, 6.07) is 0.250. The number of rotatable bonds is 6. The molecule has 1 saturated carbocycles. The van der Waals surface area contributed by atoms with Crippen LogP contribution in [0.2, 0.25) is 0 Å². The van der Waals surface area contributed by atoms with Crippen molar-refractivity contribution in [3.05, 3.63) is 30.5 Å². The minimum atomic E-state index is -2.50. The van der Waals surface area contributed by atoms with Crippen LogP contribution in [-0.2, 0) is 13.2 Å². The molecule has 4 heterocycles. The Balaban J connectivity index is 1.25. The number of hydrogen-bond acceptors (Lipinski definition) is 8. The maximum absolute atomic E-state index is 12.7. The first kappa shape index (κ1) is 19.0. The van der Waals surface area contributed by atoms with Crippen molar-refractivity contribution in [3.8, 4) is 0 Å². The number of halogens is 2. The second-order valence-electron chi connectivity index (χ2n) is 7.90. The Morgan fingerprint density at radius 1 is 1.10 bits per heavy atom. The van der Waals surface area contributed by atoms with E-state index >= 15 is 0 Å². The second kappa shape index (κ2) is 7.71. The molecule has 0 bridgehead atoms. The lowest BCUT2D eigenvalue weighted by atomic mass is 10.0. The molecule has 3 aromatic rings. The van der Waals surface area contributed by atoms with Gasteiger partial charge in [0.15, 0.2) is 11.5 Å². The zero-order valence-electron chi connectivity index (χ0n) is 16.2. The number of aliphatic hydroxyl groups is 1. The summed E-state index contributed by atoms with van der Waals surface area (Å²) in [7, 11) is 0. The molecule has 0 aromatic carbocycles. The molecular weight excluding hydrogens is 394 g/mol. The van der Waals surface area contributed by atoms with Gasteiger partial charge in [-0.05, 0) is 24.7 Å². The van der Waals surface area contributed by atoms with Crippen LogP contribution in [-0.4, -0.2) is 60.4 Å². The van der Waals surface area contributed by atoms with E-state index in [0.717, 1.165) is 31.7 Å². The average Bonchev–Trinajstić information content (AvgIpc) is 3.41. The third kappa shape index (κ3) is 3.53. The highest BCUT2D eigenvalue weighted by Gasteiger charge is 2.42. The highest BCUT2D eigenvalue weighted by atomic mass is 19.3. The van der Waals surface area contributed by atoms with Crippen molar-refractivity contribution in [1.82, 2.24) is 29.7 Å². The van der Waals surface area contributed by atoms with Crippen molar-refractivity contribution in [2.45, 2.75) is 38.5 Å². The lowest BCUT2D eigenvalue weighted by molar-refractivity contribution is 0.123. The topological polar surface area (TPSA) is 105 Å². The quantitative estimate of drug-likeness (QED) is 0.626. The second-order valence-corrected chi connectivity index (χ2v) is 7.90. The maximum atomic E-state index is 12.7. The van der Waals surface area contributed by atoms with E-state index < -0.39 is 13.0 Å². The largest absolute Gasteiger partial charge is 0.390 e. The van der Waals surface area contributed by atoms with Gasteiger partial charge in [-0.2, -0.15) is 5.10 Å². The van der Waals surface area contributed by atoms with Crippen molar-refractivity contribution in [1.29, 1.82) is 0 Å². The van der Waals surface area contributed by atoms with E-state index in [0.29, 0.717) is 34.5 Å². The molecule has 0 amide bonds. The first-order valence-corrected chi connectivity index (χ1v) is 9.99. The lowest BCUT2D eigenvalue weighted by Gasteiger charge is -2.22. The number of anilines is 2. The minimum Gasteiger partial charge on any atom is -0.390 e. The summed E-state index contributed by atoms with van der Waals surface area (Å²) in [4.78, 5) is 19.6. The Hall–Kier alpha value is -2.95. The standard InChI is InChI=1S/C19H22F2N8O/c20-16(21)9-29-19-14(5-25-29)24-6-17(27-19)26-13-3-11-7-28(8-12(11)4-13)18-15(10-30)22-1-2-23-18/h1-2,5-6,11-13,16,30H,3-4,7-10H2,(H,26,27)/t11-,12+,13?. The Morgan fingerprint density at radius 3 is 2.60 bits per heavy atom. The molecule has 1 aliphatic carbocycles. The molecule has 3 atom stereocenters. The first-order valence-electron chi connectivity index (χ1n) is 9.99. The molecule has 2 aliphatic rings. The predicted molar refractivity (Wildman–Crippen MR) is 105 cm³/mol. The van der Waals surface area contributed by atoms with Crippen LogP contribution >= 0.6 is 0 Å². The van der Waals surface area contributed by atoms with Crippen molar-refractivity contribution >= 4 is 22.8 Å². The normalized spacial score (nSPS) is 23.5. The summed E-state index contributed by atoms with van der Waals surface area (Å²) in [5.74, 6) is 2.37. The van der Waals surface area contributed by atoms with Crippen LogP contribution < -0.4 is 10.2 Å². The van der Waals surface area contributed by atoms with Gasteiger partial charge in [0.2, 0.25) is 0 Å². The molecule has 0 radical (unpaired) electrons. The van der Waals surface area contributed by atoms with Gasteiger partial charge in [0, 0.05) is 31.5 Å². The molecule has 2 fully saturated rings. The van der Waals surface area contributed by atoms with E-state index in [1.54, 1.807) is 18.6 Å². The van der Waals surface area contributed by atoms with Crippen LogP contribution in [0.25, 0.3) is 11.2 Å². The summed E-state index contributed by atoms with van der Waals surface area (Å²) in [5.41, 5.74) is 1.48. The van der Waals surface area contributed by atoms with Gasteiger partial charge in [-0.3, -0.25) is 4.98 Å². The molecule has 1 aliphatic heterocycles. The Bertz CT molecular complexity index is 1030. The molecule has 1 unspecified atom stereocenters. The van der Waals surface area contributed by atoms with Crippen LogP contribution in [0.1, 0.15) is 18.5 Å². The number of alkyl halides is 2. The van der Waals surface area contributed by atoms with Gasteiger partial charge in [0.1, 0.15) is 23.6 Å². The smallest absolute Gasteiger partial charge is 0.258 e. The van der Waals surface area contributed by atoms with E-state index in [2.05, 4.69) is 35.3 Å². The van der Waals surface area contributed by atoms with Gasteiger partial charge in [-0.15, -0.1) is 0 Å². The van der Waals surface area contributed by atoms with Crippen LogP contribution in [0.3, 0.4) is 0 Å². The molecular formula is C19H22F2N8O. The van der Waals surface area contributed by atoms with Gasteiger partial charge in [-0.25, -0.2) is 28.4 Å². The molecule has 5 rings (SSSR count). The predicted octanol–water partition coefficient (Wildman–Crippen LogP) is 1.70. The van der Waals surface area contributed by atoms with Crippen molar-refractivity contribution in [2.24, 2.45) is 11.8 Å². The highest BCUT2D eigenvalue weighted by Crippen LogP contribution is 2.40. The molecule has 11 heteroatoms. The lowest BCUT2D eigenvalue weighted by Crippen LogP contribution is -2.27. The van der Waals surface area contributed by atoms with E-state index in [-0.39, 0.29) is 12.6 Å².